The molecule has 4 nitrogen and oxygen atoms in total. The Morgan fingerprint density at radius 1 is 1.57 bits per heavy atom. The van der Waals surface area contributed by atoms with Crippen molar-refractivity contribution in [3.05, 3.63) is 33.8 Å². The summed E-state index contributed by atoms with van der Waals surface area (Å²) in [5, 5.41) is 9.03. The number of carbonyl (C=O) groups is 1. The fourth-order valence-corrected chi connectivity index (χ4v) is 1.91. The van der Waals surface area contributed by atoms with Crippen molar-refractivity contribution in [2.45, 2.75) is 0 Å². The Balaban J connectivity index is 2.76. The molecular formula is C8H4BrClN2O2. The highest BCUT2D eigenvalue weighted by Crippen LogP contribution is 2.20. The Labute approximate surface area is 92.3 Å². The molecule has 6 heteroatoms. The summed E-state index contributed by atoms with van der Waals surface area (Å²) in [4.78, 5) is 14.6. The van der Waals surface area contributed by atoms with Gasteiger partial charge in [0.15, 0.2) is 5.15 Å². The van der Waals surface area contributed by atoms with Crippen LogP contribution >= 0.6 is 27.5 Å². The number of hydrogen-bond acceptors (Lipinski definition) is 2. The van der Waals surface area contributed by atoms with Crippen molar-refractivity contribution in [3.8, 4) is 0 Å². The van der Waals surface area contributed by atoms with E-state index in [2.05, 4.69) is 20.9 Å². The highest BCUT2D eigenvalue weighted by molar-refractivity contribution is 9.10. The average Bonchev–Trinajstić information content (AvgIpc) is 2.47. The average molecular weight is 275 g/mol. The maximum Gasteiger partial charge on any atom is 0.337 e. The van der Waals surface area contributed by atoms with Crippen LogP contribution in [0.15, 0.2) is 23.1 Å². The van der Waals surface area contributed by atoms with Gasteiger partial charge in [-0.25, -0.2) is 9.78 Å². The lowest BCUT2D eigenvalue weighted by molar-refractivity contribution is 0.0697. The van der Waals surface area contributed by atoms with E-state index < -0.39 is 5.97 Å². The highest BCUT2D eigenvalue weighted by atomic mass is 79.9. The molecule has 0 aliphatic rings. The van der Waals surface area contributed by atoms with Crippen molar-refractivity contribution in [1.29, 1.82) is 0 Å². The second-order valence-electron chi connectivity index (χ2n) is 2.68. The third-order valence-corrected chi connectivity index (χ3v) is 2.42. The minimum Gasteiger partial charge on any atom is -0.478 e. The molecule has 0 amide bonds. The van der Waals surface area contributed by atoms with E-state index in [0.717, 1.165) is 0 Å². The molecular weight excluding hydrogens is 271 g/mol. The van der Waals surface area contributed by atoms with Crippen LogP contribution in [0.1, 0.15) is 10.4 Å². The van der Waals surface area contributed by atoms with Crippen molar-refractivity contribution in [2.75, 3.05) is 0 Å². The summed E-state index contributed by atoms with van der Waals surface area (Å²) in [6, 6.07) is 1.48. The second-order valence-corrected chi connectivity index (χ2v) is 3.85. The van der Waals surface area contributed by atoms with Crippen molar-refractivity contribution < 1.29 is 9.90 Å². The zero-order valence-electron chi connectivity index (χ0n) is 6.74. The van der Waals surface area contributed by atoms with Gasteiger partial charge in [0.25, 0.3) is 0 Å². The lowest BCUT2D eigenvalue weighted by atomic mass is 10.3. The Hall–Kier alpha value is -1.07. The van der Waals surface area contributed by atoms with E-state index in [0.29, 0.717) is 10.1 Å². The topological polar surface area (TPSA) is 54.6 Å². The summed E-state index contributed by atoms with van der Waals surface area (Å²) in [6.07, 6.45) is 3.13. The number of carboxylic acids is 1. The van der Waals surface area contributed by atoms with Crippen LogP contribution in [0, 0.1) is 0 Å². The Bertz CT molecular complexity index is 523. The van der Waals surface area contributed by atoms with E-state index in [1.165, 1.54) is 12.3 Å². The van der Waals surface area contributed by atoms with Crippen molar-refractivity contribution in [3.63, 3.8) is 0 Å². The van der Waals surface area contributed by atoms with Crippen LogP contribution in [-0.2, 0) is 0 Å². The number of nitrogens with zero attached hydrogens (tertiary/aromatic N) is 2. The molecule has 2 aromatic rings. The number of aromatic carboxylic acids is 1. The first-order valence-electron chi connectivity index (χ1n) is 3.65. The standard InChI is InChI=1S/C8H4BrClN2O2/c9-6-3-12-2-4(8(13)14)1-5(12)7(10)11-6/h1-3H,(H,13,14). The first-order chi connectivity index (χ1) is 6.58. The van der Waals surface area contributed by atoms with Gasteiger partial charge in [-0.2, -0.15) is 0 Å². The molecule has 0 aliphatic heterocycles. The molecule has 2 aromatic heterocycles. The van der Waals surface area contributed by atoms with Gasteiger partial charge in [-0.05, 0) is 22.0 Å². The van der Waals surface area contributed by atoms with Gasteiger partial charge in [-0.3, -0.25) is 0 Å². The monoisotopic (exact) mass is 274 g/mol. The van der Waals surface area contributed by atoms with Gasteiger partial charge >= 0.3 is 5.97 Å². The zero-order chi connectivity index (χ0) is 10.3. The summed E-state index contributed by atoms with van der Waals surface area (Å²) in [5.74, 6) is -0.985. The van der Waals surface area contributed by atoms with Crippen LogP contribution in [0.25, 0.3) is 5.52 Å². The normalized spacial score (nSPS) is 10.7. The van der Waals surface area contributed by atoms with Gasteiger partial charge in [0, 0.05) is 12.4 Å². The van der Waals surface area contributed by atoms with Gasteiger partial charge in [0.2, 0.25) is 0 Å². The second kappa shape index (κ2) is 3.25. The lowest BCUT2D eigenvalue weighted by Crippen LogP contribution is -1.92. The molecule has 0 fully saturated rings. The Kier molecular flexibility index (Phi) is 2.20. The molecule has 0 bridgehead atoms. The summed E-state index contributed by atoms with van der Waals surface area (Å²) < 4.78 is 2.17. The molecule has 1 N–H and O–H groups in total. The Morgan fingerprint density at radius 3 is 2.93 bits per heavy atom. The van der Waals surface area contributed by atoms with E-state index in [-0.39, 0.29) is 10.7 Å². The fraction of sp³-hybridized carbons (Fsp3) is 0. The largest absolute Gasteiger partial charge is 0.478 e. The molecule has 72 valence electrons. The molecule has 0 radical (unpaired) electrons. The van der Waals surface area contributed by atoms with Crippen LogP contribution in [0.3, 0.4) is 0 Å². The predicted octanol–water partition coefficient (Wildman–Crippen LogP) is 2.45. The third kappa shape index (κ3) is 1.49. The van der Waals surface area contributed by atoms with E-state index in [4.69, 9.17) is 16.7 Å². The molecule has 14 heavy (non-hydrogen) atoms. The van der Waals surface area contributed by atoms with Gasteiger partial charge in [0.1, 0.15) is 4.60 Å². The predicted molar refractivity (Wildman–Crippen MR) is 54.9 cm³/mol. The molecule has 0 spiro atoms. The maximum absolute atomic E-state index is 10.7. The number of rotatable bonds is 1. The first kappa shape index (κ1) is 9.48. The van der Waals surface area contributed by atoms with Crippen LogP contribution in [0.2, 0.25) is 5.15 Å². The minimum absolute atomic E-state index is 0.187. The molecule has 0 unspecified atom stereocenters. The van der Waals surface area contributed by atoms with E-state index in [1.807, 2.05) is 0 Å². The Morgan fingerprint density at radius 2 is 2.29 bits per heavy atom. The number of halogens is 2. The molecule has 0 atom stereocenters. The van der Waals surface area contributed by atoms with Crippen molar-refractivity contribution in [1.82, 2.24) is 9.38 Å². The van der Waals surface area contributed by atoms with Gasteiger partial charge < -0.3 is 9.51 Å². The number of carboxylic acid groups (broad SMARTS) is 1. The minimum atomic E-state index is -0.985. The van der Waals surface area contributed by atoms with Crippen molar-refractivity contribution in [2.24, 2.45) is 0 Å². The zero-order valence-corrected chi connectivity index (χ0v) is 9.08. The summed E-state index contributed by atoms with van der Waals surface area (Å²) >= 11 is 8.99. The quantitative estimate of drug-likeness (QED) is 0.870. The first-order valence-corrected chi connectivity index (χ1v) is 4.82. The molecule has 2 rings (SSSR count). The number of aromatic nitrogens is 2. The summed E-state index contributed by atoms with van der Waals surface area (Å²) in [7, 11) is 0. The van der Waals surface area contributed by atoms with E-state index in [9.17, 15) is 4.79 Å². The van der Waals surface area contributed by atoms with Gasteiger partial charge in [-0.1, -0.05) is 11.6 Å². The van der Waals surface area contributed by atoms with Crippen LogP contribution in [-0.4, -0.2) is 20.5 Å². The van der Waals surface area contributed by atoms with E-state index >= 15 is 0 Å². The van der Waals surface area contributed by atoms with E-state index in [1.54, 1.807) is 10.6 Å². The van der Waals surface area contributed by atoms with Crippen molar-refractivity contribution >= 4 is 39.0 Å². The SMILES string of the molecule is O=C(O)c1cc2c(Cl)nc(Br)cn2c1. The number of hydrogen-bond donors (Lipinski definition) is 1. The molecule has 0 saturated heterocycles. The highest BCUT2D eigenvalue weighted by Gasteiger charge is 2.09. The summed E-state index contributed by atoms with van der Waals surface area (Å²) in [6.45, 7) is 0. The smallest absolute Gasteiger partial charge is 0.337 e. The fourth-order valence-electron chi connectivity index (χ4n) is 1.16. The van der Waals surface area contributed by atoms with Gasteiger partial charge in [-0.15, -0.1) is 0 Å². The molecule has 0 aliphatic carbocycles. The lowest BCUT2D eigenvalue weighted by Gasteiger charge is -1.96. The van der Waals surface area contributed by atoms with Gasteiger partial charge in [0.05, 0.1) is 11.1 Å². The number of fused-ring (bicyclic) bond motifs is 1. The molecule has 2 heterocycles. The summed E-state index contributed by atoms with van der Waals surface area (Å²) in [5.41, 5.74) is 0.763. The van der Waals surface area contributed by atoms with Crippen LogP contribution in [0.4, 0.5) is 0 Å². The van der Waals surface area contributed by atoms with Crippen LogP contribution < -0.4 is 0 Å². The maximum atomic E-state index is 10.7. The van der Waals surface area contributed by atoms with Crippen LogP contribution in [0.5, 0.6) is 0 Å². The third-order valence-electron chi connectivity index (χ3n) is 1.76. The molecule has 0 saturated carbocycles. The molecule has 0 aromatic carbocycles.